The molecule has 0 atom stereocenters. The lowest BCUT2D eigenvalue weighted by atomic mass is 10.1. The highest BCUT2D eigenvalue weighted by Crippen LogP contribution is 2.28. The van der Waals surface area contributed by atoms with Gasteiger partial charge in [0, 0.05) is 35.7 Å². The van der Waals surface area contributed by atoms with Gasteiger partial charge < -0.3 is 14.3 Å². The van der Waals surface area contributed by atoms with Crippen molar-refractivity contribution in [2.45, 2.75) is 20.0 Å². The number of para-hydroxylation sites is 1. The van der Waals surface area contributed by atoms with Crippen molar-refractivity contribution < 1.29 is 14.3 Å². The minimum atomic E-state index is -0.415. The van der Waals surface area contributed by atoms with Crippen molar-refractivity contribution in [3.63, 3.8) is 0 Å². The third-order valence-corrected chi connectivity index (χ3v) is 4.29. The van der Waals surface area contributed by atoms with Crippen molar-refractivity contribution in [2.75, 3.05) is 14.2 Å². The zero-order valence-corrected chi connectivity index (χ0v) is 14.6. The zero-order chi connectivity index (χ0) is 18.0. The van der Waals surface area contributed by atoms with Crippen LogP contribution in [0.25, 0.3) is 11.0 Å². The van der Waals surface area contributed by atoms with Crippen molar-refractivity contribution in [1.82, 2.24) is 4.90 Å². The molecule has 0 aliphatic carbocycles. The van der Waals surface area contributed by atoms with E-state index < -0.39 is 5.63 Å². The summed E-state index contributed by atoms with van der Waals surface area (Å²) in [6.07, 6.45) is 0. The van der Waals surface area contributed by atoms with Crippen LogP contribution < -0.4 is 10.4 Å². The molecule has 0 saturated carbocycles. The summed E-state index contributed by atoms with van der Waals surface area (Å²) in [6.45, 7) is 3.00. The first-order valence-corrected chi connectivity index (χ1v) is 8.05. The van der Waals surface area contributed by atoms with Gasteiger partial charge in [-0.3, -0.25) is 4.90 Å². The van der Waals surface area contributed by atoms with Gasteiger partial charge in [-0.05, 0) is 37.7 Å². The van der Waals surface area contributed by atoms with E-state index in [1.807, 2.05) is 31.3 Å². The topological polar surface area (TPSA) is 62.9 Å². The van der Waals surface area contributed by atoms with E-state index in [1.54, 1.807) is 26.2 Å². The second-order valence-electron chi connectivity index (χ2n) is 6.16. The lowest BCUT2D eigenvalue weighted by molar-refractivity contribution is 0.310. The zero-order valence-electron chi connectivity index (χ0n) is 14.6. The number of aryl methyl sites for hydroxylation is 1. The standard InChI is InChI=1S/C20H21NO4/c1-13-17(22)9-8-16-15(10-19(23)25-20(13)16)12-21(2)11-14-6-4-5-7-18(14)24-3/h4-10,22H,11-12H2,1-3H3. The normalized spacial score (nSPS) is 11.2. The van der Waals surface area contributed by atoms with E-state index in [1.165, 1.54) is 6.07 Å². The Morgan fingerprint density at radius 3 is 2.60 bits per heavy atom. The second kappa shape index (κ2) is 6.99. The Bertz CT molecular complexity index is 962. The molecule has 1 N–H and O–H groups in total. The van der Waals surface area contributed by atoms with Crippen LogP contribution in [0, 0.1) is 6.92 Å². The molecule has 25 heavy (non-hydrogen) atoms. The molecule has 0 amide bonds. The van der Waals surface area contributed by atoms with Gasteiger partial charge in [0.1, 0.15) is 17.1 Å². The van der Waals surface area contributed by atoms with Gasteiger partial charge in [0.15, 0.2) is 0 Å². The van der Waals surface area contributed by atoms with Crippen molar-refractivity contribution in [1.29, 1.82) is 0 Å². The van der Waals surface area contributed by atoms with Crippen LogP contribution in [0.4, 0.5) is 0 Å². The maximum Gasteiger partial charge on any atom is 0.336 e. The number of methoxy groups -OCH3 is 1. The highest BCUT2D eigenvalue weighted by molar-refractivity contribution is 5.84. The minimum Gasteiger partial charge on any atom is -0.508 e. The number of ether oxygens (including phenoxy) is 1. The molecule has 5 heteroatoms. The van der Waals surface area contributed by atoms with Gasteiger partial charge in [-0.2, -0.15) is 0 Å². The van der Waals surface area contributed by atoms with Crippen molar-refractivity contribution in [2.24, 2.45) is 0 Å². The number of nitrogens with zero attached hydrogens (tertiary/aromatic N) is 1. The molecule has 0 unspecified atom stereocenters. The molecule has 0 aliphatic heterocycles. The number of phenolic OH excluding ortho intramolecular Hbond substituents is 1. The van der Waals surface area contributed by atoms with E-state index in [2.05, 4.69) is 4.90 Å². The maximum absolute atomic E-state index is 11.9. The van der Waals surface area contributed by atoms with Gasteiger partial charge in [-0.15, -0.1) is 0 Å². The van der Waals surface area contributed by atoms with E-state index in [0.717, 1.165) is 22.3 Å². The van der Waals surface area contributed by atoms with E-state index in [-0.39, 0.29) is 5.75 Å². The molecule has 0 radical (unpaired) electrons. The number of hydrogen-bond donors (Lipinski definition) is 1. The quantitative estimate of drug-likeness (QED) is 0.722. The van der Waals surface area contributed by atoms with E-state index in [0.29, 0.717) is 24.2 Å². The number of benzene rings is 2. The molecule has 130 valence electrons. The fraction of sp³-hybridized carbons (Fsp3) is 0.250. The summed E-state index contributed by atoms with van der Waals surface area (Å²) in [6, 6.07) is 12.8. The maximum atomic E-state index is 11.9. The average Bonchev–Trinajstić information content (AvgIpc) is 2.59. The molecular weight excluding hydrogens is 318 g/mol. The Morgan fingerprint density at radius 2 is 1.84 bits per heavy atom. The Balaban J connectivity index is 1.92. The van der Waals surface area contributed by atoms with Crippen LogP contribution in [-0.4, -0.2) is 24.2 Å². The summed E-state index contributed by atoms with van der Waals surface area (Å²) >= 11 is 0. The predicted octanol–water partition coefficient (Wildman–Crippen LogP) is 3.45. The SMILES string of the molecule is COc1ccccc1CN(C)Cc1cc(=O)oc2c(C)c(O)ccc12. The molecule has 0 aliphatic rings. The predicted molar refractivity (Wildman–Crippen MR) is 97.1 cm³/mol. The third kappa shape index (κ3) is 3.51. The van der Waals surface area contributed by atoms with Gasteiger partial charge in [0.25, 0.3) is 0 Å². The van der Waals surface area contributed by atoms with Crippen LogP contribution >= 0.6 is 0 Å². The lowest BCUT2D eigenvalue weighted by Crippen LogP contribution is -2.19. The number of aromatic hydroxyl groups is 1. The smallest absolute Gasteiger partial charge is 0.336 e. The van der Waals surface area contributed by atoms with Crippen LogP contribution in [0.1, 0.15) is 16.7 Å². The minimum absolute atomic E-state index is 0.121. The lowest BCUT2D eigenvalue weighted by Gasteiger charge is -2.19. The molecule has 2 aromatic carbocycles. The molecule has 1 heterocycles. The van der Waals surface area contributed by atoms with Crippen LogP contribution in [0.5, 0.6) is 11.5 Å². The van der Waals surface area contributed by atoms with Gasteiger partial charge in [0.2, 0.25) is 0 Å². The van der Waals surface area contributed by atoms with Gasteiger partial charge in [-0.1, -0.05) is 18.2 Å². The summed E-state index contributed by atoms with van der Waals surface area (Å²) < 4.78 is 10.7. The van der Waals surface area contributed by atoms with Crippen LogP contribution in [0.2, 0.25) is 0 Å². The molecular formula is C20H21NO4. The molecule has 1 aromatic heterocycles. The van der Waals surface area contributed by atoms with Crippen LogP contribution in [0.15, 0.2) is 51.7 Å². The first-order valence-electron chi connectivity index (χ1n) is 8.05. The summed E-state index contributed by atoms with van der Waals surface area (Å²) in [7, 11) is 3.64. The van der Waals surface area contributed by atoms with E-state index in [9.17, 15) is 9.90 Å². The van der Waals surface area contributed by atoms with E-state index >= 15 is 0 Å². The fourth-order valence-corrected chi connectivity index (χ4v) is 3.02. The summed E-state index contributed by atoms with van der Waals surface area (Å²) in [5.41, 5.74) is 2.54. The number of phenols is 1. The van der Waals surface area contributed by atoms with Crippen molar-refractivity contribution in [3.05, 3.63) is 69.6 Å². The summed E-state index contributed by atoms with van der Waals surface area (Å²) in [5.74, 6) is 0.961. The summed E-state index contributed by atoms with van der Waals surface area (Å²) in [4.78, 5) is 14.0. The molecule has 0 saturated heterocycles. The van der Waals surface area contributed by atoms with E-state index in [4.69, 9.17) is 9.15 Å². The largest absolute Gasteiger partial charge is 0.508 e. The molecule has 5 nitrogen and oxygen atoms in total. The monoisotopic (exact) mass is 339 g/mol. The highest BCUT2D eigenvalue weighted by atomic mass is 16.5. The number of fused-ring (bicyclic) bond motifs is 1. The molecule has 0 bridgehead atoms. The van der Waals surface area contributed by atoms with Crippen molar-refractivity contribution >= 4 is 11.0 Å². The Labute approximate surface area is 146 Å². The van der Waals surface area contributed by atoms with Gasteiger partial charge in [-0.25, -0.2) is 4.79 Å². The molecule has 3 rings (SSSR count). The molecule has 0 fully saturated rings. The fourth-order valence-electron chi connectivity index (χ4n) is 3.02. The Hall–Kier alpha value is -2.79. The first kappa shape index (κ1) is 17.0. The Morgan fingerprint density at radius 1 is 1.12 bits per heavy atom. The first-order chi connectivity index (χ1) is 12.0. The van der Waals surface area contributed by atoms with Crippen LogP contribution in [-0.2, 0) is 13.1 Å². The molecule has 0 spiro atoms. The number of rotatable bonds is 5. The van der Waals surface area contributed by atoms with Crippen molar-refractivity contribution in [3.8, 4) is 11.5 Å². The Kier molecular flexibility index (Phi) is 4.76. The highest BCUT2D eigenvalue weighted by Gasteiger charge is 2.13. The van der Waals surface area contributed by atoms with Gasteiger partial charge in [0.05, 0.1) is 7.11 Å². The second-order valence-corrected chi connectivity index (χ2v) is 6.16. The summed E-state index contributed by atoms with van der Waals surface area (Å²) in [5, 5.41) is 10.7. The van der Waals surface area contributed by atoms with Crippen LogP contribution in [0.3, 0.4) is 0 Å². The van der Waals surface area contributed by atoms with Gasteiger partial charge >= 0.3 is 5.63 Å². The average molecular weight is 339 g/mol. The number of hydrogen-bond acceptors (Lipinski definition) is 5. The third-order valence-electron chi connectivity index (χ3n) is 4.29. The molecule has 3 aromatic rings.